The summed E-state index contributed by atoms with van der Waals surface area (Å²) in [5, 5.41) is 7.20. The van der Waals surface area contributed by atoms with Crippen LogP contribution in [0.3, 0.4) is 0 Å². The van der Waals surface area contributed by atoms with Gasteiger partial charge in [-0.2, -0.15) is 17.6 Å². The van der Waals surface area contributed by atoms with Crippen LogP contribution in [-0.2, 0) is 6.54 Å². The summed E-state index contributed by atoms with van der Waals surface area (Å²) >= 11 is 0. The van der Waals surface area contributed by atoms with Gasteiger partial charge in [-0.25, -0.2) is 9.40 Å². The molecule has 0 aliphatic carbocycles. The fourth-order valence-corrected chi connectivity index (χ4v) is 6.53. The van der Waals surface area contributed by atoms with Crippen molar-refractivity contribution in [2.75, 3.05) is 38.6 Å². The number of hydrazine groups is 1. The van der Waals surface area contributed by atoms with Crippen LogP contribution >= 0.6 is 0 Å². The lowest BCUT2D eigenvalue weighted by molar-refractivity contribution is -0.0878. The van der Waals surface area contributed by atoms with E-state index >= 15 is 8.78 Å². The molecule has 1 atom stereocenters. The molecule has 51 heavy (non-hydrogen) atoms. The molecule has 0 fully saturated rings. The first-order valence-corrected chi connectivity index (χ1v) is 17.4. The number of allylic oxidation sites excluding steroid dienone is 5. The normalized spacial score (nSPS) is 16.2. The quantitative estimate of drug-likeness (QED) is 0.138. The van der Waals surface area contributed by atoms with E-state index in [2.05, 4.69) is 57.6 Å². The highest BCUT2D eigenvalue weighted by Gasteiger charge is 2.36. The summed E-state index contributed by atoms with van der Waals surface area (Å²) in [5.41, 5.74) is 4.68. The van der Waals surface area contributed by atoms with Crippen LogP contribution in [0, 0.1) is 24.5 Å². The first-order valence-electron chi connectivity index (χ1n) is 17.4. The highest BCUT2D eigenvalue weighted by molar-refractivity contribution is 5.84. The molecule has 0 bridgehead atoms. The Morgan fingerprint density at radius 3 is 2.31 bits per heavy atom. The van der Waals surface area contributed by atoms with Crippen molar-refractivity contribution in [1.82, 2.24) is 14.9 Å². The molecular weight excluding hydrogens is 659 g/mol. The lowest BCUT2D eigenvalue weighted by Crippen LogP contribution is -2.52. The second kappa shape index (κ2) is 17.9. The molecule has 1 heterocycles. The maximum atomic E-state index is 15.6. The maximum Gasteiger partial charge on any atom is 0.415 e. The molecule has 278 valence electrons. The van der Waals surface area contributed by atoms with Gasteiger partial charge in [-0.3, -0.25) is 0 Å². The third-order valence-corrected chi connectivity index (χ3v) is 9.16. The van der Waals surface area contributed by atoms with Gasteiger partial charge in [-0.1, -0.05) is 83.4 Å². The van der Waals surface area contributed by atoms with Gasteiger partial charge in [0.15, 0.2) is 11.6 Å². The number of alkyl halides is 3. The number of rotatable bonds is 16. The molecule has 0 spiro atoms. The van der Waals surface area contributed by atoms with Gasteiger partial charge in [0.05, 0.1) is 18.3 Å². The van der Waals surface area contributed by atoms with Crippen molar-refractivity contribution in [3.05, 3.63) is 125 Å². The second-order valence-electron chi connectivity index (χ2n) is 13.2. The molecule has 0 saturated heterocycles. The number of halogens is 5. The van der Waals surface area contributed by atoms with Crippen molar-refractivity contribution in [2.24, 2.45) is 5.92 Å². The highest BCUT2D eigenvalue weighted by Crippen LogP contribution is 2.39. The number of anilines is 1. The monoisotopic (exact) mass is 712 g/mol. The largest absolute Gasteiger partial charge is 0.489 e. The maximum absolute atomic E-state index is 15.6. The predicted molar refractivity (Wildman–Crippen MR) is 200 cm³/mol. The minimum absolute atomic E-state index is 0.00184. The van der Waals surface area contributed by atoms with E-state index in [1.54, 1.807) is 19.1 Å². The van der Waals surface area contributed by atoms with Crippen LogP contribution in [0.1, 0.15) is 64.7 Å². The molecule has 0 aromatic heterocycles. The molecule has 1 unspecified atom stereocenters. The zero-order chi connectivity index (χ0) is 38.2. The van der Waals surface area contributed by atoms with Crippen LogP contribution in [0.25, 0.3) is 5.57 Å². The van der Waals surface area contributed by atoms with E-state index in [0.29, 0.717) is 34.8 Å². The lowest BCUT2D eigenvalue weighted by Gasteiger charge is -2.48. The van der Waals surface area contributed by atoms with E-state index in [4.69, 9.17) is 4.74 Å². The SMILES string of the molecule is C=C(Nc1ccc(C)cc1C(/C=C\C(=C)C(F)(F)F)=C/C)C1=C(C)C(C(C)C)N(C)N(Cc2ccc(OCCN(CC)CCC)c(F)c2F)C1=C. The second-order valence-corrected chi connectivity index (χ2v) is 13.2. The lowest BCUT2D eigenvalue weighted by atomic mass is 9.88. The first kappa shape index (κ1) is 41.3. The van der Waals surface area contributed by atoms with E-state index in [-0.39, 0.29) is 36.4 Å². The molecule has 0 saturated carbocycles. The average Bonchev–Trinajstić information content (AvgIpc) is 3.06. The van der Waals surface area contributed by atoms with Crippen molar-refractivity contribution in [3.63, 3.8) is 0 Å². The third kappa shape index (κ3) is 10.0. The predicted octanol–water partition coefficient (Wildman–Crippen LogP) is 10.6. The van der Waals surface area contributed by atoms with Gasteiger partial charge in [0.2, 0.25) is 5.82 Å². The van der Waals surface area contributed by atoms with Crippen LogP contribution in [0.4, 0.5) is 27.6 Å². The van der Waals surface area contributed by atoms with Crippen molar-refractivity contribution < 1.29 is 26.7 Å². The van der Waals surface area contributed by atoms with Gasteiger partial charge in [0.1, 0.15) is 6.61 Å². The fraction of sp³-hybridized carbons (Fsp3) is 0.415. The molecular formula is C41H53F5N4O. The Labute approximate surface area is 301 Å². The highest BCUT2D eigenvalue weighted by atomic mass is 19.4. The molecule has 0 radical (unpaired) electrons. The standard InChI is InChI=1S/C41H53F5N4O/c1-12-21-49(14-3)22-23-51-36-20-18-33(38(42)39(36)43)25-50-31(10)37(29(8)40(26(4)5)48(50)11)30(9)47-35-19-15-27(6)24-34(35)32(13-2)17-16-28(7)41(44,45)46/h13,15-20,24,26,40,47H,7,9-10,12,14,21-23,25H2,1-6,8,11H3/b17-16-,32-13+. The van der Waals surface area contributed by atoms with Crippen LogP contribution in [0.5, 0.6) is 5.75 Å². The van der Waals surface area contributed by atoms with Gasteiger partial charge in [-0.15, -0.1) is 0 Å². The van der Waals surface area contributed by atoms with Crippen LogP contribution in [0.15, 0.2) is 96.4 Å². The Balaban J connectivity index is 1.94. The van der Waals surface area contributed by atoms with Crippen LogP contribution < -0.4 is 10.1 Å². The van der Waals surface area contributed by atoms with Gasteiger partial charge in [0, 0.05) is 47.2 Å². The molecule has 1 aliphatic heterocycles. The van der Waals surface area contributed by atoms with Crippen molar-refractivity contribution in [2.45, 2.75) is 73.6 Å². The molecule has 5 nitrogen and oxygen atoms in total. The number of hydrogen-bond acceptors (Lipinski definition) is 5. The Kier molecular flexibility index (Phi) is 14.5. The zero-order valence-electron chi connectivity index (χ0n) is 31.3. The summed E-state index contributed by atoms with van der Waals surface area (Å²) in [5.74, 6) is -2.02. The number of likely N-dealkylation sites (N-methyl/N-ethyl adjacent to an activating group) is 2. The van der Waals surface area contributed by atoms with Gasteiger partial charge in [-0.05, 0) is 75.5 Å². The summed E-state index contributed by atoms with van der Waals surface area (Å²) < 4.78 is 76.2. The number of aryl methyl sites for hydroxylation is 1. The number of nitrogens with one attached hydrogen (secondary N) is 1. The Hall–Kier alpha value is -4.15. The minimum Gasteiger partial charge on any atom is -0.489 e. The molecule has 2 aromatic carbocycles. The van der Waals surface area contributed by atoms with E-state index < -0.39 is 23.4 Å². The van der Waals surface area contributed by atoms with Gasteiger partial charge >= 0.3 is 6.18 Å². The number of ether oxygens (including phenoxy) is 1. The molecule has 10 heteroatoms. The topological polar surface area (TPSA) is 31.0 Å². The molecule has 0 amide bonds. The van der Waals surface area contributed by atoms with E-state index in [1.165, 1.54) is 12.1 Å². The number of nitrogens with zero attached hydrogens (tertiary/aromatic N) is 3. The van der Waals surface area contributed by atoms with Crippen molar-refractivity contribution in [1.29, 1.82) is 0 Å². The fourth-order valence-electron chi connectivity index (χ4n) is 6.53. The van der Waals surface area contributed by atoms with Gasteiger partial charge < -0.3 is 20.0 Å². The summed E-state index contributed by atoms with van der Waals surface area (Å²) in [6.45, 7) is 28.4. The Morgan fingerprint density at radius 1 is 1.04 bits per heavy atom. The Morgan fingerprint density at radius 2 is 1.73 bits per heavy atom. The van der Waals surface area contributed by atoms with Crippen LogP contribution in [0.2, 0.25) is 0 Å². The Bertz CT molecular complexity index is 1690. The van der Waals surface area contributed by atoms with E-state index in [9.17, 15) is 13.2 Å². The molecule has 2 aromatic rings. The zero-order valence-corrected chi connectivity index (χ0v) is 31.3. The first-order chi connectivity index (χ1) is 24.0. The van der Waals surface area contributed by atoms with Crippen LogP contribution in [-0.4, -0.2) is 60.4 Å². The molecule has 1 N–H and O–H groups in total. The molecule has 3 rings (SSSR count). The third-order valence-electron chi connectivity index (χ3n) is 9.16. The summed E-state index contributed by atoms with van der Waals surface area (Å²) in [6.07, 6.45) is 0.538. The summed E-state index contributed by atoms with van der Waals surface area (Å²) in [7, 11) is 1.89. The van der Waals surface area contributed by atoms with Crippen molar-refractivity contribution >= 4 is 11.3 Å². The minimum atomic E-state index is -4.54. The summed E-state index contributed by atoms with van der Waals surface area (Å²) in [6, 6.07) is 8.50. The molecule has 1 aliphatic rings. The van der Waals surface area contributed by atoms with E-state index in [1.807, 2.05) is 49.1 Å². The summed E-state index contributed by atoms with van der Waals surface area (Å²) in [4.78, 5) is 2.19. The van der Waals surface area contributed by atoms with Gasteiger partial charge in [0.25, 0.3) is 0 Å². The number of hydrogen-bond donors (Lipinski definition) is 1. The average molecular weight is 713 g/mol. The van der Waals surface area contributed by atoms with Crippen molar-refractivity contribution in [3.8, 4) is 5.75 Å². The smallest absolute Gasteiger partial charge is 0.415 e. The number of benzene rings is 2. The van der Waals surface area contributed by atoms with E-state index in [0.717, 1.165) is 42.3 Å².